The second-order valence-corrected chi connectivity index (χ2v) is 6.59. The minimum Gasteiger partial charge on any atom is -0.460 e. The number of aliphatic hydroxyl groups is 1. The standard InChI is InChI=1S/C21H17N3O5/c1-2-16(25)22-20-17-18(12-5-3-4-6-13(12)29-21(17)26)23-19(24-20)11-7-8-14-15(9-11)28-10-27-14/h3-9,21,26H,2,10H2,1H3,(H,22,23,24,25). The number of fused-ring (bicyclic) bond motifs is 4. The Kier molecular flexibility index (Phi) is 4.06. The van der Waals surface area contributed by atoms with Gasteiger partial charge in [-0.25, -0.2) is 9.97 Å². The van der Waals surface area contributed by atoms with Gasteiger partial charge < -0.3 is 24.6 Å². The number of aliphatic hydroxyl groups excluding tert-OH is 1. The van der Waals surface area contributed by atoms with Crippen molar-refractivity contribution in [2.75, 3.05) is 12.1 Å². The predicted molar refractivity (Wildman–Crippen MR) is 104 cm³/mol. The molecule has 3 aromatic rings. The molecule has 2 N–H and O–H groups in total. The maximum atomic E-state index is 12.1. The van der Waals surface area contributed by atoms with Crippen LogP contribution in [0.2, 0.25) is 0 Å². The number of carbonyl (C=O) groups is 1. The lowest BCUT2D eigenvalue weighted by Gasteiger charge is -2.26. The van der Waals surface area contributed by atoms with E-state index in [1.807, 2.05) is 24.3 Å². The number of anilines is 1. The van der Waals surface area contributed by atoms with Gasteiger partial charge in [-0.1, -0.05) is 19.1 Å². The van der Waals surface area contributed by atoms with Gasteiger partial charge >= 0.3 is 0 Å². The molecule has 0 saturated heterocycles. The van der Waals surface area contributed by atoms with Gasteiger partial charge in [0.25, 0.3) is 0 Å². The van der Waals surface area contributed by atoms with E-state index in [0.29, 0.717) is 45.5 Å². The minimum absolute atomic E-state index is 0.165. The normalized spacial score (nSPS) is 15.9. The quantitative estimate of drug-likeness (QED) is 0.706. The van der Waals surface area contributed by atoms with Crippen molar-refractivity contribution in [1.82, 2.24) is 9.97 Å². The van der Waals surface area contributed by atoms with Gasteiger partial charge in [0.1, 0.15) is 11.6 Å². The summed E-state index contributed by atoms with van der Waals surface area (Å²) in [5, 5.41) is 13.3. The molecular weight excluding hydrogens is 374 g/mol. The summed E-state index contributed by atoms with van der Waals surface area (Å²) in [6.07, 6.45) is -1.02. The summed E-state index contributed by atoms with van der Waals surface area (Å²) in [4.78, 5) is 21.3. The minimum atomic E-state index is -1.29. The Morgan fingerprint density at radius 1 is 1.14 bits per heavy atom. The topological polar surface area (TPSA) is 103 Å². The van der Waals surface area contributed by atoms with Crippen LogP contribution in [0.1, 0.15) is 25.2 Å². The molecule has 0 saturated carbocycles. The van der Waals surface area contributed by atoms with E-state index in [1.54, 1.807) is 25.1 Å². The summed E-state index contributed by atoms with van der Waals surface area (Å²) in [6.45, 7) is 1.91. The fraction of sp³-hybridized carbons (Fsp3) is 0.190. The van der Waals surface area contributed by atoms with Crippen LogP contribution in [0.3, 0.4) is 0 Å². The smallest absolute Gasteiger partial charge is 0.231 e. The summed E-state index contributed by atoms with van der Waals surface area (Å²) < 4.78 is 16.4. The Hall–Kier alpha value is -3.65. The molecule has 29 heavy (non-hydrogen) atoms. The number of para-hydroxylation sites is 1. The number of rotatable bonds is 3. The van der Waals surface area contributed by atoms with Crippen molar-refractivity contribution < 1.29 is 24.1 Å². The first kappa shape index (κ1) is 17.4. The Morgan fingerprint density at radius 3 is 2.83 bits per heavy atom. The molecule has 8 heteroatoms. The third-order valence-corrected chi connectivity index (χ3v) is 4.78. The molecule has 0 radical (unpaired) electrons. The summed E-state index contributed by atoms with van der Waals surface area (Å²) in [6, 6.07) is 12.7. The van der Waals surface area contributed by atoms with Crippen molar-refractivity contribution in [3.8, 4) is 39.9 Å². The van der Waals surface area contributed by atoms with E-state index in [2.05, 4.69) is 10.3 Å². The second-order valence-electron chi connectivity index (χ2n) is 6.59. The molecular formula is C21H17N3O5. The molecule has 8 nitrogen and oxygen atoms in total. The Bertz CT molecular complexity index is 1130. The van der Waals surface area contributed by atoms with Crippen LogP contribution in [-0.4, -0.2) is 27.8 Å². The molecule has 2 aliphatic heterocycles. The molecule has 0 spiro atoms. The van der Waals surface area contributed by atoms with E-state index in [9.17, 15) is 9.90 Å². The molecule has 2 aromatic carbocycles. The molecule has 1 atom stereocenters. The fourth-order valence-electron chi connectivity index (χ4n) is 3.33. The van der Waals surface area contributed by atoms with E-state index < -0.39 is 6.29 Å². The van der Waals surface area contributed by atoms with Gasteiger partial charge in [-0.3, -0.25) is 4.79 Å². The van der Waals surface area contributed by atoms with E-state index >= 15 is 0 Å². The molecule has 0 bridgehead atoms. The molecule has 1 aromatic heterocycles. The summed E-state index contributed by atoms with van der Waals surface area (Å²) >= 11 is 0. The van der Waals surface area contributed by atoms with Crippen LogP contribution in [0.5, 0.6) is 17.2 Å². The largest absolute Gasteiger partial charge is 0.460 e. The van der Waals surface area contributed by atoms with Crippen LogP contribution in [-0.2, 0) is 4.79 Å². The van der Waals surface area contributed by atoms with Gasteiger partial charge in [0.05, 0.1) is 11.3 Å². The average Bonchev–Trinajstić information content (AvgIpc) is 3.21. The highest BCUT2D eigenvalue weighted by Crippen LogP contribution is 2.44. The number of amides is 1. The maximum Gasteiger partial charge on any atom is 0.231 e. The molecule has 3 heterocycles. The van der Waals surface area contributed by atoms with Crippen LogP contribution < -0.4 is 19.5 Å². The highest BCUT2D eigenvalue weighted by Gasteiger charge is 2.31. The lowest BCUT2D eigenvalue weighted by atomic mass is 10.0. The first-order valence-corrected chi connectivity index (χ1v) is 9.20. The summed E-state index contributed by atoms with van der Waals surface area (Å²) in [5.41, 5.74) is 2.25. The number of benzene rings is 2. The first-order valence-electron chi connectivity index (χ1n) is 9.20. The number of ether oxygens (including phenoxy) is 3. The molecule has 0 fully saturated rings. The van der Waals surface area contributed by atoms with E-state index in [-0.39, 0.29) is 24.9 Å². The Balaban J connectivity index is 1.71. The van der Waals surface area contributed by atoms with Gasteiger partial charge in [-0.15, -0.1) is 0 Å². The van der Waals surface area contributed by atoms with Crippen molar-refractivity contribution in [1.29, 1.82) is 0 Å². The van der Waals surface area contributed by atoms with Crippen molar-refractivity contribution in [3.05, 3.63) is 48.0 Å². The van der Waals surface area contributed by atoms with E-state index in [1.165, 1.54) is 0 Å². The highest BCUT2D eigenvalue weighted by molar-refractivity contribution is 5.92. The lowest BCUT2D eigenvalue weighted by molar-refractivity contribution is -0.115. The molecule has 146 valence electrons. The number of hydrogen-bond donors (Lipinski definition) is 2. The zero-order valence-electron chi connectivity index (χ0n) is 15.5. The van der Waals surface area contributed by atoms with E-state index in [4.69, 9.17) is 19.2 Å². The van der Waals surface area contributed by atoms with Crippen LogP contribution in [0, 0.1) is 0 Å². The number of carbonyl (C=O) groups excluding carboxylic acids is 1. The molecule has 2 aliphatic rings. The zero-order chi connectivity index (χ0) is 20.0. The fourth-order valence-corrected chi connectivity index (χ4v) is 3.33. The SMILES string of the molecule is CCC(=O)Nc1nc(-c2ccc3c(c2)OCO3)nc2c1C(O)Oc1ccccc1-2. The van der Waals surface area contributed by atoms with Crippen LogP contribution in [0.25, 0.3) is 22.6 Å². The van der Waals surface area contributed by atoms with Crippen LogP contribution in [0.4, 0.5) is 5.82 Å². The van der Waals surface area contributed by atoms with Gasteiger partial charge in [0.15, 0.2) is 17.3 Å². The molecule has 0 aliphatic carbocycles. The Labute approximate surface area is 166 Å². The number of hydrogen-bond acceptors (Lipinski definition) is 7. The van der Waals surface area contributed by atoms with Gasteiger partial charge in [0.2, 0.25) is 19.0 Å². The number of nitrogens with zero attached hydrogens (tertiary/aromatic N) is 2. The third-order valence-electron chi connectivity index (χ3n) is 4.78. The van der Waals surface area contributed by atoms with Gasteiger partial charge in [0, 0.05) is 17.5 Å². The summed E-state index contributed by atoms with van der Waals surface area (Å²) in [5.74, 6) is 2.14. The Morgan fingerprint density at radius 2 is 1.97 bits per heavy atom. The van der Waals surface area contributed by atoms with Gasteiger partial charge in [-0.05, 0) is 30.3 Å². The van der Waals surface area contributed by atoms with Crippen molar-refractivity contribution in [3.63, 3.8) is 0 Å². The average molecular weight is 391 g/mol. The van der Waals surface area contributed by atoms with Crippen molar-refractivity contribution >= 4 is 11.7 Å². The first-order chi connectivity index (χ1) is 14.1. The number of nitrogens with one attached hydrogen (secondary N) is 1. The van der Waals surface area contributed by atoms with Gasteiger partial charge in [-0.2, -0.15) is 0 Å². The summed E-state index contributed by atoms with van der Waals surface area (Å²) in [7, 11) is 0. The van der Waals surface area contributed by atoms with Crippen LogP contribution in [0.15, 0.2) is 42.5 Å². The lowest BCUT2D eigenvalue weighted by Crippen LogP contribution is -2.21. The van der Waals surface area contributed by atoms with Crippen LogP contribution >= 0.6 is 0 Å². The molecule has 1 unspecified atom stereocenters. The number of aromatic nitrogens is 2. The maximum absolute atomic E-state index is 12.1. The second kappa shape index (κ2) is 6.75. The highest BCUT2D eigenvalue weighted by atomic mass is 16.7. The molecule has 5 rings (SSSR count). The van der Waals surface area contributed by atoms with E-state index in [0.717, 1.165) is 0 Å². The molecule has 1 amide bonds. The monoisotopic (exact) mass is 391 g/mol. The van der Waals surface area contributed by atoms with Crippen molar-refractivity contribution in [2.45, 2.75) is 19.6 Å². The zero-order valence-corrected chi connectivity index (χ0v) is 15.5. The van der Waals surface area contributed by atoms with Crippen molar-refractivity contribution in [2.24, 2.45) is 0 Å². The predicted octanol–water partition coefficient (Wildman–Crippen LogP) is 3.27. The third kappa shape index (κ3) is 2.94.